The van der Waals surface area contributed by atoms with Gasteiger partial charge in [-0.1, -0.05) is 6.92 Å². The summed E-state index contributed by atoms with van der Waals surface area (Å²) >= 11 is 0. The zero-order valence-electron chi connectivity index (χ0n) is 12.4. The molecule has 1 aliphatic heterocycles. The van der Waals surface area contributed by atoms with Gasteiger partial charge in [0.1, 0.15) is 5.41 Å². The van der Waals surface area contributed by atoms with Gasteiger partial charge >= 0.3 is 6.09 Å². The molecule has 0 radical (unpaired) electrons. The molecule has 0 aromatic heterocycles. The van der Waals surface area contributed by atoms with Crippen LogP contribution in [-0.4, -0.2) is 42.6 Å². The van der Waals surface area contributed by atoms with Crippen molar-refractivity contribution in [3.8, 4) is 6.07 Å². The van der Waals surface area contributed by atoms with Crippen LogP contribution in [0.3, 0.4) is 0 Å². The van der Waals surface area contributed by atoms with Crippen LogP contribution in [0.25, 0.3) is 0 Å². The second kappa shape index (κ2) is 7.13. The first-order chi connectivity index (χ1) is 9.46. The third kappa shape index (κ3) is 3.86. The summed E-state index contributed by atoms with van der Waals surface area (Å²) in [7, 11) is 0. The molecule has 1 atom stereocenters. The molecule has 0 saturated carbocycles. The van der Waals surface area contributed by atoms with Gasteiger partial charge in [0, 0.05) is 19.1 Å². The molecule has 0 aromatic carbocycles. The van der Waals surface area contributed by atoms with Crippen molar-refractivity contribution in [1.29, 1.82) is 5.26 Å². The van der Waals surface area contributed by atoms with Crippen molar-refractivity contribution in [2.45, 2.75) is 46.1 Å². The Morgan fingerprint density at radius 2 is 2.00 bits per heavy atom. The van der Waals surface area contributed by atoms with Gasteiger partial charge in [-0.05, 0) is 33.1 Å². The summed E-state index contributed by atoms with van der Waals surface area (Å²) in [4.78, 5) is 25.3. The number of piperidine rings is 1. The predicted molar refractivity (Wildman–Crippen MR) is 73.8 cm³/mol. The fourth-order valence-corrected chi connectivity index (χ4v) is 2.06. The van der Waals surface area contributed by atoms with Gasteiger partial charge in [0.2, 0.25) is 5.91 Å². The minimum atomic E-state index is -0.974. The topological polar surface area (TPSA) is 82.4 Å². The molecule has 20 heavy (non-hydrogen) atoms. The molecule has 2 amide bonds. The molecule has 0 aromatic rings. The van der Waals surface area contributed by atoms with Crippen molar-refractivity contribution in [3.63, 3.8) is 0 Å². The lowest BCUT2D eigenvalue weighted by molar-refractivity contribution is -0.128. The molecular weight excluding hydrogens is 258 g/mol. The molecule has 6 heteroatoms. The first-order valence-corrected chi connectivity index (χ1v) is 7.10. The van der Waals surface area contributed by atoms with E-state index in [2.05, 4.69) is 11.4 Å². The molecule has 112 valence electrons. The van der Waals surface area contributed by atoms with E-state index in [1.54, 1.807) is 18.7 Å². The minimum absolute atomic E-state index is 0.0207. The number of nitriles is 1. The number of hydrogen-bond acceptors (Lipinski definition) is 4. The van der Waals surface area contributed by atoms with Gasteiger partial charge in [-0.2, -0.15) is 5.26 Å². The van der Waals surface area contributed by atoms with E-state index in [-0.39, 0.29) is 18.0 Å². The summed E-state index contributed by atoms with van der Waals surface area (Å²) in [5, 5.41) is 12.0. The molecule has 1 fully saturated rings. The van der Waals surface area contributed by atoms with Crippen LogP contribution in [0.15, 0.2) is 0 Å². The average Bonchev–Trinajstić information content (AvgIpc) is 2.47. The van der Waals surface area contributed by atoms with Crippen LogP contribution < -0.4 is 5.32 Å². The van der Waals surface area contributed by atoms with E-state index in [4.69, 9.17) is 10.00 Å². The van der Waals surface area contributed by atoms with Crippen molar-refractivity contribution in [2.24, 2.45) is 5.41 Å². The van der Waals surface area contributed by atoms with Gasteiger partial charge in [-0.3, -0.25) is 4.79 Å². The van der Waals surface area contributed by atoms with Crippen molar-refractivity contribution in [1.82, 2.24) is 10.2 Å². The summed E-state index contributed by atoms with van der Waals surface area (Å²) in [5.74, 6) is -0.225. The van der Waals surface area contributed by atoms with Gasteiger partial charge in [0.25, 0.3) is 0 Å². The minimum Gasteiger partial charge on any atom is -0.450 e. The number of amides is 2. The highest BCUT2D eigenvalue weighted by atomic mass is 16.6. The molecule has 0 aliphatic carbocycles. The number of likely N-dealkylation sites (tertiary alicyclic amines) is 1. The molecular formula is C14H23N3O3. The number of nitrogens with zero attached hydrogens (tertiary/aromatic N) is 2. The summed E-state index contributed by atoms with van der Waals surface area (Å²) in [6.45, 7) is 6.76. The number of ether oxygens (including phenoxy) is 1. The van der Waals surface area contributed by atoms with E-state index < -0.39 is 5.41 Å². The molecule has 1 unspecified atom stereocenters. The van der Waals surface area contributed by atoms with Crippen LogP contribution >= 0.6 is 0 Å². The Bertz CT molecular complexity index is 397. The Hall–Kier alpha value is -1.77. The van der Waals surface area contributed by atoms with Crippen LogP contribution in [0.2, 0.25) is 0 Å². The lowest BCUT2D eigenvalue weighted by Crippen LogP contribution is -2.49. The van der Waals surface area contributed by atoms with Gasteiger partial charge in [0.15, 0.2) is 0 Å². The maximum atomic E-state index is 12.1. The van der Waals surface area contributed by atoms with E-state index in [0.29, 0.717) is 39.0 Å². The Morgan fingerprint density at radius 1 is 1.40 bits per heavy atom. The van der Waals surface area contributed by atoms with Crippen LogP contribution in [0.1, 0.15) is 40.0 Å². The zero-order chi connectivity index (χ0) is 15.2. The third-order valence-corrected chi connectivity index (χ3v) is 3.81. The summed E-state index contributed by atoms with van der Waals surface area (Å²) < 4.78 is 4.94. The lowest BCUT2D eigenvalue weighted by Gasteiger charge is -2.33. The SMILES string of the molecule is CCOC(=O)N1CCC(NC(=O)C(C)(C#N)CC)CC1. The first kappa shape index (κ1) is 16.3. The summed E-state index contributed by atoms with van der Waals surface area (Å²) in [6, 6.07) is 2.09. The number of rotatable bonds is 4. The Morgan fingerprint density at radius 3 is 2.45 bits per heavy atom. The summed E-state index contributed by atoms with van der Waals surface area (Å²) in [5.41, 5.74) is -0.974. The highest BCUT2D eigenvalue weighted by Crippen LogP contribution is 2.21. The van der Waals surface area contributed by atoms with Crippen molar-refractivity contribution >= 4 is 12.0 Å². The number of nitrogens with one attached hydrogen (secondary N) is 1. The molecule has 1 rings (SSSR count). The van der Waals surface area contributed by atoms with Gasteiger partial charge in [-0.25, -0.2) is 4.79 Å². The predicted octanol–water partition coefficient (Wildman–Crippen LogP) is 1.66. The first-order valence-electron chi connectivity index (χ1n) is 7.10. The molecule has 1 aliphatic rings. The molecule has 1 saturated heterocycles. The maximum absolute atomic E-state index is 12.1. The van der Waals surface area contributed by atoms with E-state index in [1.165, 1.54) is 0 Å². The van der Waals surface area contributed by atoms with Crippen molar-refractivity contribution < 1.29 is 14.3 Å². The van der Waals surface area contributed by atoms with Crippen molar-refractivity contribution in [3.05, 3.63) is 0 Å². The van der Waals surface area contributed by atoms with Gasteiger partial charge < -0.3 is 15.0 Å². The molecule has 6 nitrogen and oxygen atoms in total. The van der Waals surface area contributed by atoms with Gasteiger partial charge in [-0.15, -0.1) is 0 Å². The quantitative estimate of drug-likeness (QED) is 0.849. The Balaban J connectivity index is 2.45. The lowest BCUT2D eigenvalue weighted by atomic mass is 9.87. The van der Waals surface area contributed by atoms with E-state index in [1.807, 2.05) is 6.92 Å². The second-order valence-electron chi connectivity index (χ2n) is 5.23. The van der Waals surface area contributed by atoms with Gasteiger partial charge in [0.05, 0.1) is 12.7 Å². The number of hydrogen-bond donors (Lipinski definition) is 1. The maximum Gasteiger partial charge on any atom is 0.409 e. The van der Waals surface area contributed by atoms with Crippen molar-refractivity contribution in [2.75, 3.05) is 19.7 Å². The molecule has 0 spiro atoms. The Labute approximate surface area is 120 Å². The largest absolute Gasteiger partial charge is 0.450 e. The highest BCUT2D eigenvalue weighted by Gasteiger charge is 2.33. The molecule has 1 N–H and O–H groups in total. The van der Waals surface area contributed by atoms with Crippen LogP contribution in [0, 0.1) is 16.7 Å². The molecule has 1 heterocycles. The van der Waals surface area contributed by atoms with E-state index in [9.17, 15) is 9.59 Å². The van der Waals surface area contributed by atoms with E-state index >= 15 is 0 Å². The average molecular weight is 281 g/mol. The van der Waals surface area contributed by atoms with Crippen LogP contribution in [-0.2, 0) is 9.53 Å². The monoisotopic (exact) mass is 281 g/mol. The smallest absolute Gasteiger partial charge is 0.409 e. The Kier molecular flexibility index (Phi) is 5.81. The normalized spacial score (nSPS) is 18.8. The summed E-state index contributed by atoms with van der Waals surface area (Å²) in [6.07, 6.45) is 1.57. The third-order valence-electron chi connectivity index (χ3n) is 3.81. The number of carbonyl (C=O) groups excluding carboxylic acids is 2. The fraction of sp³-hybridized carbons (Fsp3) is 0.786. The van der Waals surface area contributed by atoms with E-state index in [0.717, 1.165) is 0 Å². The fourth-order valence-electron chi connectivity index (χ4n) is 2.06. The second-order valence-corrected chi connectivity index (χ2v) is 5.23. The zero-order valence-corrected chi connectivity index (χ0v) is 12.4. The standard InChI is InChI=1S/C14H23N3O3/c1-4-14(3,10-15)12(18)16-11-6-8-17(9-7-11)13(19)20-5-2/h11H,4-9H2,1-3H3,(H,16,18). The van der Waals surface area contributed by atoms with Crippen LogP contribution in [0.5, 0.6) is 0 Å². The van der Waals surface area contributed by atoms with Crippen LogP contribution in [0.4, 0.5) is 4.79 Å². The molecule has 0 bridgehead atoms. The highest BCUT2D eigenvalue weighted by molar-refractivity contribution is 5.85. The number of carbonyl (C=O) groups is 2.